The topological polar surface area (TPSA) is 24.9 Å². The molecule has 0 aliphatic heterocycles. The Morgan fingerprint density at radius 2 is 1.74 bits per heavy atom. The molecule has 1 aromatic carbocycles. The lowest BCUT2D eigenvalue weighted by atomic mass is 9.98. The van der Waals surface area contributed by atoms with E-state index in [2.05, 4.69) is 52.1 Å². The maximum atomic E-state index is 4.84. The van der Waals surface area contributed by atoms with Gasteiger partial charge in [0.25, 0.3) is 0 Å². The van der Waals surface area contributed by atoms with Gasteiger partial charge in [-0.1, -0.05) is 26.0 Å². The van der Waals surface area contributed by atoms with Crippen LogP contribution in [0.4, 0.5) is 5.69 Å². The number of aryl methyl sites for hydroxylation is 3. The maximum absolute atomic E-state index is 4.84. The fraction of sp³-hybridized carbons (Fsp3) is 0.471. The van der Waals surface area contributed by atoms with E-state index in [0.29, 0.717) is 0 Å². The highest BCUT2D eigenvalue weighted by Gasteiger charge is 2.14. The molecular weight excluding hydrogens is 232 g/mol. The van der Waals surface area contributed by atoms with Gasteiger partial charge in [-0.25, -0.2) is 0 Å². The smallest absolute Gasteiger partial charge is 0.0757 e. The van der Waals surface area contributed by atoms with E-state index in [9.17, 15) is 0 Å². The molecule has 0 spiro atoms. The van der Waals surface area contributed by atoms with E-state index in [-0.39, 0.29) is 0 Å². The molecule has 1 aromatic heterocycles. The van der Waals surface area contributed by atoms with Crippen molar-refractivity contribution in [1.82, 2.24) is 4.98 Å². The zero-order valence-electron chi connectivity index (χ0n) is 12.7. The van der Waals surface area contributed by atoms with Gasteiger partial charge in [-0.2, -0.15) is 0 Å². The minimum absolute atomic E-state index is 1.01. The summed E-state index contributed by atoms with van der Waals surface area (Å²) < 4.78 is 0. The van der Waals surface area contributed by atoms with Crippen LogP contribution in [-0.2, 0) is 6.42 Å². The van der Waals surface area contributed by atoms with E-state index in [4.69, 9.17) is 4.98 Å². The van der Waals surface area contributed by atoms with Crippen molar-refractivity contribution < 1.29 is 0 Å². The molecular formula is C17H24N2. The highest BCUT2D eigenvalue weighted by molar-refractivity contribution is 5.97. The average molecular weight is 256 g/mol. The van der Waals surface area contributed by atoms with Crippen molar-refractivity contribution in [2.75, 3.05) is 11.9 Å². The van der Waals surface area contributed by atoms with E-state index in [1.54, 1.807) is 0 Å². The first-order chi connectivity index (χ1) is 9.10. The van der Waals surface area contributed by atoms with Gasteiger partial charge in [-0.05, 0) is 50.3 Å². The van der Waals surface area contributed by atoms with Gasteiger partial charge in [0.05, 0.1) is 5.52 Å². The number of aromatic nitrogens is 1. The second-order valence-electron chi connectivity index (χ2n) is 5.25. The summed E-state index contributed by atoms with van der Waals surface area (Å²) in [6, 6.07) is 4.37. The first kappa shape index (κ1) is 13.9. The van der Waals surface area contributed by atoms with Crippen LogP contribution in [0.15, 0.2) is 12.1 Å². The molecule has 2 nitrogen and oxygen atoms in total. The Bertz CT molecular complexity index is 600. The Kier molecular flexibility index (Phi) is 4.08. The monoisotopic (exact) mass is 256 g/mol. The number of pyridine rings is 1. The first-order valence-corrected chi connectivity index (χ1v) is 7.23. The molecule has 0 saturated heterocycles. The number of hydrogen-bond acceptors (Lipinski definition) is 2. The average Bonchev–Trinajstić information content (AvgIpc) is 2.40. The third kappa shape index (κ3) is 2.44. The molecule has 0 fully saturated rings. The summed E-state index contributed by atoms with van der Waals surface area (Å²) in [5.74, 6) is 0. The normalized spacial score (nSPS) is 11.0. The highest BCUT2D eigenvalue weighted by atomic mass is 14.9. The quantitative estimate of drug-likeness (QED) is 0.868. The first-order valence-electron chi connectivity index (χ1n) is 7.23. The van der Waals surface area contributed by atoms with Crippen LogP contribution in [0.5, 0.6) is 0 Å². The van der Waals surface area contributed by atoms with Crippen molar-refractivity contribution in [3.05, 3.63) is 34.5 Å². The molecule has 0 amide bonds. The molecule has 0 aliphatic rings. The van der Waals surface area contributed by atoms with Gasteiger partial charge in [0, 0.05) is 23.3 Å². The molecule has 19 heavy (non-hydrogen) atoms. The fourth-order valence-electron chi connectivity index (χ4n) is 2.70. The molecule has 1 N–H and O–H groups in total. The van der Waals surface area contributed by atoms with Gasteiger partial charge in [0.2, 0.25) is 0 Å². The Balaban J connectivity index is 2.80. The summed E-state index contributed by atoms with van der Waals surface area (Å²) in [6.07, 6.45) is 2.16. The number of benzene rings is 1. The number of anilines is 1. The SMILES string of the molecule is CCCNc1c(CC)c(C)nc2c(C)ccc(C)c12. The predicted molar refractivity (Wildman–Crippen MR) is 84.1 cm³/mol. The zero-order chi connectivity index (χ0) is 14.0. The van der Waals surface area contributed by atoms with Crippen LogP contribution >= 0.6 is 0 Å². The van der Waals surface area contributed by atoms with Crippen LogP contribution in [0.25, 0.3) is 10.9 Å². The zero-order valence-corrected chi connectivity index (χ0v) is 12.7. The molecule has 0 bridgehead atoms. The molecule has 0 radical (unpaired) electrons. The Hall–Kier alpha value is -1.57. The fourth-order valence-corrected chi connectivity index (χ4v) is 2.70. The van der Waals surface area contributed by atoms with Crippen molar-refractivity contribution in [1.29, 1.82) is 0 Å². The summed E-state index contributed by atoms with van der Waals surface area (Å²) in [7, 11) is 0. The summed E-state index contributed by atoms with van der Waals surface area (Å²) in [6.45, 7) is 11.9. The van der Waals surface area contributed by atoms with E-state index in [1.165, 1.54) is 27.8 Å². The lowest BCUT2D eigenvalue weighted by Gasteiger charge is -2.18. The lowest BCUT2D eigenvalue weighted by molar-refractivity contribution is 0.968. The predicted octanol–water partition coefficient (Wildman–Crippen LogP) is 4.54. The lowest BCUT2D eigenvalue weighted by Crippen LogP contribution is -2.07. The second kappa shape index (κ2) is 5.60. The molecule has 2 heteroatoms. The largest absolute Gasteiger partial charge is 0.384 e. The summed E-state index contributed by atoms with van der Waals surface area (Å²) in [5, 5.41) is 4.93. The molecule has 1 heterocycles. The van der Waals surface area contributed by atoms with E-state index in [0.717, 1.165) is 30.6 Å². The number of fused-ring (bicyclic) bond motifs is 1. The van der Waals surface area contributed by atoms with Crippen molar-refractivity contribution in [2.24, 2.45) is 0 Å². The van der Waals surface area contributed by atoms with Crippen LogP contribution in [0, 0.1) is 20.8 Å². The Morgan fingerprint density at radius 1 is 1.05 bits per heavy atom. The highest BCUT2D eigenvalue weighted by Crippen LogP contribution is 2.33. The van der Waals surface area contributed by atoms with Gasteiger partial charge < -0.3 is 5.32 Å². The van der Waals surface area contributed by atoms with Gasteiger partial charge in [-0.15, -0.1) is 0 Å². The minimum Gasteiger partial charge on any atom is -0.384 e. The standard InChI is InChI=1S/C17H24N2/c1-6-10-18-17-14(7-2)13(5)19-16-12(4)9-8-11(3)15(16)17/h8-9H,6-7,10H2,1-5H3,(H,18,19). The third-order valence-electron chi connectivity index (χ3n) is 3.76. The molecule has 0 saturated carbocycles. The van der Waals surface area contributed by atoms with Crippen molar-refractivity contribution in [3.63, 3.8) is 0 Å². The minimum atomic E-state index is 1.01. The summed E-state index contributed by atoms with van der Waals surface area (Å²) >= 11 is 0. The van der Waals surface area contributed by atoms with Gasteiger partial charge in [0.15, 0.2) is 0 Å². The van der Waals surface area contributed by atoms with E-state index < -0.39 is 0 Å². The molecule has 0 aliphatic carbocycles. The van der Waals surface area contributed by atoms with E-state index in [1.807, 2.05) is 0 Å². The van der Waals surface area contributed by atoms with Crippen LogP contribution in [0.3, 0.4) is 0 Å². The molecule has 102 valence electrons. The summed E-state index contributed by atoms with van der Waals surface area (Å²) in [4.78, 5) is 4.84. The van der Waals surface area contributed by atoms with Crippen LogP contribution < -0.4 is 5.32 Å². The number of hydrogen-bond donors (Lipinski definition) is 1. The Morgan fingerprint density at radius 3 is 2.37 bits per heavy atom. The van der Waals surface area contributed by atoms with Crippen LogP contribution in [0.2, 0.25) is 0 Å². The van der Waals surface area contributed by atoms with Crippen molar-refractivity contribution >= 4 is 16.6 Å². The molecule has 0 atom stereocenters. The van der Waals surface area contributed by atoms with Gasteiger partial charge in [-0.3, -0.25) is 4.98 Å². The number of nitrogens with zero attached hydrogens (tertiary/aromatic N) is 1. The number of rotatable bonds is 4. The molecule has 0 unspecified atom stereocenters. The number of nitrogens with one attached hydrogen (secondary N) is 1. The second-order valence-corrected chi connectivity index (χ2v) is 5.25. The maximum Gasteiger partial charge on any atom is 0.0757 e. The molecule has 2 rings (SSSR count). The van der Waals surface area contributed by atoms with E-state index >= 15 is 0 Å². The van der Waals surface area contributed by atoms with Gasteiger partial charge >= 0.3 is 0 Å². The van der Waals surface area contributed by atoms with Crippen LogP contribution in [0.1, 0.15) is 42.7 Å². The van der Waals surface area contributed by atoms with Crippen molar-refractivity contribution in [2.45, 2.75) is 47.5 Å². The Labute approximate surface area is 116 Å². The molecule has 2 aromatic rings. The third-order valence-corrected chi connectivity index (χ3v) is 3.76. The summed E-state index contributed by atoms with van der Waals surface area (Å²) in [5.41, 5.74) is 7.52. The van der Waals surface area contributed by atoms with Crippen LogP contribution in [-0.4, -0.2) is 11.5 Å². The van der Waals surface area contributed by atoms with Crippen molar-refractivity contribution in [3.8, 4) is 0 Å². The van der Waals surface area contributed by atoms with Gasteiger partial charge in [0.1, 0.15) is 0 Å².